The predicted molar refractivity (Wildman–Crippen MR) is 82.3 cm³/mol. The average Bonchev–Trinajstić information content (AvgIpc) is 2.54. The molecule has 1 amide bonds. The first-order chi connectivity index (χ1) is 10.7. The Kier molecular flexibility index (Phi) is 9.82. The van der Waals surface area contributed by atoms with Crippen LogP contribution in [0.2, 0.25) is 0 Å². The Labute approximate surface area is 132 Å². The fraction of sp³-hybridized carbons (Fsp3) is 0.875. The molecule has 1 aliphatic carbocycles. The van der Waals surface area contributed by atoms with Crippen LogP contribution in [0.1, 0.15) is 45.4 Å². The minimum atomic E-state index is -0.278. The molecule has 0 atom stereocenters. The van der Waals surface area contributed by atoms with Gasteiger partial charge in [-0.15, -0.1) is 0 Å². The topological polar surface area (TPSA) is 76.1 Å². The Morgan fingerprint density at radius 3 is 2.50 bits per heavy atom. The molecule has 1 aliphatic rings. The second-order valence-corrected chi connectivity index (χ2v) is 5.55. The molecule has 0 aromatic rings. The van der Waals surface area contributed by atoms with Crippen molar-refractivity contribution < 1.29 is 24.2 Å². The molecule has 22 heavy (non-hydrogen) atoms. The lowest BCUT2D eigenvalue weighted by Crippen LogP contribution is -2.40. The summed E-state index contributed by atoms with van der Waals surface area (Å²) in [5.41, 5.74) is 0. The molecule has 1 fully saturated rings. The van der Waals surface area contributed by atoms with E-state index in [0.717, 1.165) is 25.7 Å². The summed E-state index contributed by atoms with van der Waals surface area (Å²) in [7, 11) is 0. The van der Waals surface area contributed by atoms with Gasteiger partial charge < -0.3 is 19.5 Å². The van der Waals surface area contributed by atoms with E-state index in [1.54, 1.807) is 11.8 Å². The molecule has 1 rings (SSSR count). The molecule has 0 bridgehead atoms. The number of hydrogen-bond donors (Lipinski definition) is 1. The molecular weight excluding hydrogens is 286 g/mol. The number of nitrogens with zero attached hydrogens (tertiary/aromatic N) is 1. The van der Waals surface area contributed by atoms with Crippen molar-refractivity contribution in [1.29, 1.82) is 0 Å². The summed E-state index contributed by atoms with van der Waals surface area (Å²) >= 11 is 0. The quantitative estimate of drug-likeness (QED) is 0.486. The van der Waals surface area contributed by atoms with Crippen molar-refractivity contribution >= 4 is 11.9 Å². The number of aliphatic hydroxyl groups is 1. The van der Waals surface area contributed by atoms with E-state index < -0.39 is 0 Å². The predicted octanol–water partition coefficient (Wildman–Crippen LogP) is 1.36. The first-order valence-corrected chi connectivity index (χ1v) is 8.32. The average molecular weight is 315 g/mol. The normalized spacial score (nSPS) is 15.5. The number of ether oxygens (including phenoxy) is 2. The molecule has 0 spiro atoms. The van der Waals surface area contributed by atoms with E-state index in [9.17, 15) is 9.59 Å². The molecule has 0 saturated heterocycles. The van der Waals surface area contributed by atoms with Crippen molar-refractivity contribution in [1.82, 2.24) is 4.90 Å². The highest BCUT2D eigenvalue weighted by Crippen LogP contribution is 2.25. The molecular formula is C16H29NO5. The SMILES string of the molecule is CCOC(=O)CCN(CCOCCO)C(=O)C1CCCCC1. The van der Waals surface area contributed by atoms with Crippen LogP contribution in [0.4, 0.5) is 0 Å². The third kappa shape index (κ3) is 7.22. The highest BCUT2D eigenvalue weighted by molar-refractivity contribution is 5.79. The number of hydrogen-bond acceptors (Lipinski definition) is 5. The lowest BCUT2D eigenvalue weighted by Gasteiger charge is -2.29. The number of aliphatic hydroxyl groups excluding tert-OH is 1. The fourth-order valence-electron chi connectivity index (χ4n) is 2.74. The van der Waals surface area contributed by atoms with E-state index in [2.05, 4.69) is 0 Å². The largest absolute Gasteiger partial charge is 0.466 e. The van der Waals surface area contributed by atoms with Gasteiger partial charge in [0, 0.05) is 19.0 Å². The monoisotopic (exact) mass is 315 g/mol. The Balaban J connectivity index is 2.47. The molecule has 6 nitrogen and oxygen atoms in total. The van der Waals surface area contributed by atoms with Crippen LogP contribution in [-0.4, -0.2) is 61.4 Å². The van der Waals surface area contributed by atoms with Gasteiger partial charge in [-0.1, -0.05) is 19.3 Å². The lowest BCUT2D eigenvalue weighted by atomic mass is 9.88. The lowest BCUT2D eigenvalue weighted by molar-refractivity contribution is -0.145. The summed E-state index contributed by atoms with van der Waals surface area (Å²) in [6.07, 6.45) is 5.49. The zero-order valence-electron chi connectivity index (χ0n) is 13.6. The number of rotatable bonds is 10. The van der Waals surface area contributed by atoms with Gasteiger partial charge in [-0.2, -0.15) is 0 Å². The van der Waals surface area contributed by atoms with Crippen molar-refractivity contribution in [3.8, 4) is 0 Å². The summed E-state index contributed by atoms with van der Waals surface area (Å²) in [6, 6.07) is 0. The van der Waals surface area contributed by atoms with Crippen molar-refractivity contribution in [2.45, 2.75) is 45.4 Å². The van der Waals surface area contributed by atoms with E-state index in [4.69, 9.17) is 14.6 Å². The number of amides is 1. The molecule has 128 valence electrons. The highest BCUT2D eigenvalue weighted by Gasteiger charge is 2.26. The van der Waals surface area contributed by atoms with Crippen LogP contribution in [0.15, 0.2) is 0 Å². The zero-order valence-corrected chi connectivity index (χ0v) is 13.6. The first-order valence-electron chi connectivity index (χ1n) is 8.32. The van der Waals surface area contributed by atoms with Crippen LogP contribution in [0, 0.1) is 5.92 Å². The van der Waals surface area contributed by atoms with Gasteiger partial charge in [-0.25, -0.2) is 0 Å². The highest BCUT2D eigenvalue weighted by atomic mass is 16.5. The van der Waals surface area contributed by atoms with Gasteiger partial charge in [0.25, 0.3) is 0 Å². The molecule has 1 saturated carbocycles. The Morgan fingerprint density at radius 1 is 1.14 bits per heavy atom. The third-order valence-electron chi connectivity index (χ3n) is 3.90. The minimum Gasteiger partial charge on any atom is -0.466 e. The number of esters is 1. The summed E-state index contributed by atoms with van der Waals surface area (Å²) in [4.78, 5) is 25.8. The van der Waals surface area contributed by atoms with Crippen LogP contribution in [0.5, 0.6) is 0 Å². The first kappa shape index (κ1) is 18.9. The van der Waals surface area contributed by atoms with Crippen LogP contribution >= 0.6 is 0 Å². The molecule has 0 aromatic heterocycles. The maximum absolute atomic E-state index is 12.6. The third-order valence-corrected chi connectivity index (χ3v) is 3.90. The maximum atomic E-state index is 12.6. The standard InChI is InChI=1S/C16H29NO5/c1-2-22-15(19)8-9-17(10-12-21-13-11-18)16(20)14-6-4-3-5-7-14/h14,18H,2-13H2,1H3. The minimum absolute atomic E-state index is 0.0284. The van der Waals surface area contributed by atoms with Crippen LogP contribution in [0.3, 0.4) is 0 Å². The molecule has 0 heterocycles. The van der Waals surface area contributed by atoms with Crippen molar-refractivity contribution in [2.24, 2.45) is 5.92 Å². The van der Waals surface area contributed by atoms with Crippen molar-refractivity contribution in [3.05, 3.63) is 0 Å². The summed E-state index contributed by atoms with van der Waals surface area (Å²) < 4.78 is 10.2. The second-order valence-electron chi connectivity index (χ2n) is 5.55. The van der Waals surface area contributed by atoms with E-state index in [-0.39, 0.29) is 37.4 Å². The molecule has 1 N–H and O–H groups in total. The Bertz CT molecular complexity index is 328. The molecule has 0 aliphatic heterocycles. The van der Waals surface area contributed by atoms with Gasteiger partial charge in [0.15, 0.2) is 0 Å². The molecule has 0 radical (unpaired) electrons. The van der Waals surface area contributed by atoms with Gasteiger partial charge in [-0.05, 0) is 19.8 Å². The zero-order chi connectivity index (χ0) is 16.2. The van der Waals surface area contributed by atoms with Gasteiger partial charge in [0.1, 0.15) is 0 Å². The smallest absolute Gasteiger partial charge is 0.307 e. The summed E-state index contributed by atoms with van der Waals surface area (Å²) in [5.74, 6) is -0.0781. The van der Waals surface area contributed by atoms with Crippen molar-refractivity contribution in [3.63, 3.8) is 0 Å². The van der Waals surface area contributed by atoms with Crippen molar-refractivity contribution in [2.75, 3.05) is 39.5 Å². The van der Waals surface area contributed by atoms with E-state index in [1.807, 2.05) is 0 Å². The number of carbonyl (C=O) groups is 2. The second kappa shape index (κ2) is 11.4. The van der Waals surface area contributed by atoms with Crippen LogP contribution < -0.4 is 0 Å². The van der Waals surface area contributed by atoms with E-state index >= 15 is 0 Å². The summed E-state index contributed by atoms with van der Waals surface area (Å²) in [6.45, 7) is 3.57. The van der Waals surface area contributed by atoms with Gasteiger partial charge in [0.05, 0.1) is 32.8 Å². The molecule has 0 aromatic carbocycles. The van der Waals surface area contributed by atoms with Crippen LogP contribution in [-0.2, 0) is 19.1 Å². The molecule has 0 unspecified atom stereocenters. The Hall–Kier alpha value is -1.14. The van der Waals surface area contributed by atoms with Gasteiger partial charge >= 0.3 is 5.97 Å². The Morgan fingerprint density at radius 2 is 1.86 bits per heavy atom. The fourth-order valence-corrected chi connectivity index (χ4v) is 2.74. The maximum Gasteiger partial charge on any atom is 0.307 e. The van der Waals surface area contributed by atoms with E-state index in [1.165, 1.54) is 6.42 Å². The summed E-state index contributed by atoms with van der Waals surface area (Å²) in [5, 5.41) is 8.71. The van der Waals surface area contributed by atoms with Crippen LogP contribution in [0.25, 0.3) is 0 Å². The number of carbonyl (C=O) groups excluding carboxylic acids is 2. The van der Waals surface area contributed by atoms with E-state index in [0.29, 0.717) is 26.3 Å². The van der Waals surface area contributed by atoms with Gasteiger partial charge in [0.2, 0.25) is 5.91 Å². The molecule has 6 heteroatoms. The van der Waals surface area contributed by atoms with Gasteiger partial charge in [-0.3, -0.25) is 9.59 Å².